The van der Waals surface area contributed by atoms with Gasteiger partial charge >= 0.3 is 0 Å². The normalized spacial score (nSPS) is 19.5. The van der Waals surface area contributed by atoms with Crippen LogP contribution in [0.4, 0.5) is 5.82 Å². The lowest BCUT2D eigenvalue weighted by molar-refractivity contribution is -0.139. The van der Waals surface area contributed by atoms with Crippen molar-refractivity contribution >= 4 is 17.6 Å². The highest BCUT2D eigenvalue weighted by atomic mass is 16.2. The fraction of sp³-hybridized carbons (Fsp3) is 0.455. The van der Waals surface area contributed by atoms with Crippen molar-refractivity contribution in [3.05, 3.63) is 66.2 Å². The second-order valence-corrected chi connectivity index (χ2v) is 12.2. The van der Waals surface area contributed by atoms with E-state index in [1.807, 2.05) is 86.5 Å². The first-order valence-electron chi connectivity index (χ1n) is 14.6. The number of carbonyl (C=O) groups excluding carboxylic acids is 2. The Labute approximate surface area is 237 Å². The predicted molar refractivity (Wildman–Crippen MR) is 159 cm³/mol. The smallest absolute Gasteiger partial charge is 0.225 e. The molecule has 1 heterocycles. The molecule has 2 amide bonds. The van der Waals surface area contributed by atoms with Gasteiger partial charge in [0.25, 0.3) is 0 Å². The van der Waals surface area contributed by atoms with Crippen LogP contribution in [0, 0.1) is 11.8 Å². The SMILES string of the molecule is CN(C(=O)C1CCC1)[C@H]1CC[C@H](CC(=O)Nc2cc(-c3ccccc3)c(-c3ccc(C(C)(C)N)cc3)nn2)CC1. The van der Waals surface area contributed by atoms with E-state index in [2.05, 4.69) is 15.5 Å². The first-order valence-corrected chi connectivity index (χ1v) is 14.6. The molecule has 2 aliphatic rings. The van der Waals surface area contributed by atoms with Gasteiger partial charge in [-0.05, 0) is 75.5 Å². The molecular formula is C33H41N5O2. The number of rotatable bonds is 8. The van der Waals surface area contributed by atoms with Crippen LogP contribution in [0.5, 0.6) is 0 Å². The van der Waals surface area contributed by atoms with Gasteiger partial charge < -0.3 is 16.0 Å². The van der Waals surface area contributed by atoms with Gasteiger partial charge in [-0.25, -0.2) is 0 Å². The largest absolute Gasteiger partial charge is 0.343 e. The zero-order valence-corrected chi connectivity index (χ0v) is 23.9. The second-order valence-electron chi connectivity index (χ2n) is 12.2. The lowest BCUT2D eigenvalue weighted by Crippen LogP contribution is -2.44. The zero-order chi connectivity index (χ0) is 28.3. The van der Waals surface area contributed by atoms with Crippen LogP contribution in [0.3, 0.4) is 0 Å². The summed E-state index contributed by atoms with van der Waals surface area (Å²) in [7, 11) is 1.96. The van der Waals surface area contributed by atoms with Gasteiger partial charge in [0.1, 0.15) is 5.69 Å². The second kappa shape index (κ2) is 11.9. The molecule has 0 aliphatic heterocycles. The number of hydrogen-bond acceptors (Lipinski definition) is 5. The molecule has 0 unspecified atom stereocenters. The van der Waals surface area contributed by atoms with E-state index in [-0.39, 0.29) is 11.8 Å². The summed E-state index contributed by atoms with van der Waals surface area (Å²) in [6.45, 7) is 3.96. The van der Waals surface area contributed by atoms with Crippen molar-refractivity contribution in [2.24, 2.45) is 17.6 Å². The maximum atomic E-state index is 13.0. The van der Waals surface area contributed by atoms with Crippen molar-refractivity contribution in [3.63, 3.8) is 0 Å². The zero-order valence-electron chi connectivity index (χ0n) is 23.9. The number of anilines is 1. The van der Waals surface area contributed by atoms with Crippen molar-refractivity contribution in [3.8, 4) is 22.4 Å². The monoisotopic (exact) mass is 539 g/mol. The van der Waals surface area contributed by atoms with E-state index >= 15 is 0 Å². The summed E-state index contributed by atoms with van der Waals surface area (Å²) in [5.74, 6) is 1.27. The fourth-order valence-corrected chi connectivity index (χ4v) is 5.88. The number of benzene rings is 2. The van der Waals surface area contributed by atoms with E-state index in [9.17, 15) is 9.59 Å². The topological polar surface area (TPSA) is 101 Å². The van der Waals surface area contributed by atoms with Crippen molar-refractivity contribution in [2.75, 3.05) is 12.4 Å². The summed E-state index contributed by atoms with van der Waals surface area (Å²) >= 11 is 0. The summed E-state index contributed by atoms with van der Waals surface area (Å²) in [4.78, 5) is 27.6. The van der Waals surface area contributed by atoms with E-state index in [1.54, 1.807) is 0 Å². The number of amides is 2. The molecule has 2 saturated carbocycles. The summed E-state index contributed by atoms with van der Waals surface area (Å²) in [5, 5.41) is 11.9. The average molecular weight is 540 g/mol. The van der Waals surface area contributed by atoms with Crippen molar-refractivity contribution < 1.29 is 9.59 Å². The van der Waals surface area contributed by atoms with Crippen LogP contribution in [0.25, 0.3) is 22.4 Å². The van der Waals surface area contributed by atoms with Gasteiger partial charge in [-0.2, -0.15) is 0 Å². The molecule has 5 rings (SSSR count). The van der Waals surface area contributed by atoms with E-state index in [0.29, 0.717) is 30.1 Å². The van der Waals surface area contributed by atoms with Crippen LogP contribution in [0.1, 0.15) is 70.8 Å². The van der Waals surface area contributed by atoms with Crippen LogP contribution in [-0.4, -0.2) is 40.0 Å². The van der Waals surface area contributed by atoms with E-state index in [0.717, 1.165) is 66.5 Å². The summed E-state index contributed by atoms with van der Waals surface area (Å²) in [5.41, 5.74) is 10.5. The molecule has 7 heteroatoms. The van der Waals surface area contributed by atoms with Crippen molar-refractivity contribution in [1.29, 1.82) is 0 Å². The Hall–Kier alpha value is -3.58. The van der Waals surface area contributed by atoms with E-state index < -0.39 is 5.54 Å². The Balaban J connectivity index is 1.25. The molecule has 2 aromatic carbocycles. The highest BCUT2D eigenvalue weighted by Crippen LogP contribution is 2.35. The number of nitrogens with one attached hydrogen (secondary N) is 1. The molecule has 2 aliphatic carbocycles. The highest BCUT2D eigenvalue weighted by Gasteiger charge is 2.33. The van der Waals surface area contributed by atoms with Gasteiger partial charge in [0.2, 0.25) is 11.8 Å². The molecule has 0 saturated heterocycles. The van der Waals surface area contributed by atoms with Crippen LogP contribution in [-0.2, 0) is 15.1 Å². The minimum absolute atomic E-state index is 0.0436. The fourth-order valence-electron chi connectivity index (χ4n) is 5.88. The van der Waals surface area contributed by atoms with Crippen molar-refractivity contribution in [2.45, 2.75) is 76.8 Å². The lowest BCUT2D eigenvalue weighted by atomic mass is 9.81. The van der Waals surface area contributed by atoms with Crippen LogP contribution >= 0.6 is 0 Å². The van der Waals surface area contributed by atoms with Gasteiger partial charge in [0.15, 0.2) is 5.82 Å². The number of hydrogen-bond donors (Lipinski definition) is 2. The summed E-state index contributed by atoms with van der Waals surface area (Å²) < 4.78 is 0. The third-order valence-electron chi connectivity index (χ3n) is 8.69. The Morgan fingerprint density at radius 2 is 1.60 bits per heavy atom. The van der Waals surface area contributed by atoms with Gasteiger partial charge in [-0.15, -0.1) is 10.2 Å². The number of carbonyl (C=O) groups is 2. The molecule has 3 aromatic rings. The standard InChI is InChI=1S/C33H41N5O2/c1-33(2,34)26-16-14-24(15-17-26)31-28(23-8-5-4-6-9-23)21-29(36-37-31)35-30(39)20-22-12-18-27(19-13-22)38(3)32(40)25-10-7-11-25/h4-6,8-9,14-17,21-22,25,27H,7,10-13,18-20,34H2,1-3H3,(H,35,36,39)/t22-,27-. The molecule has 0 spiro atoms. The summed E-state index contributed by atoms with van der Waals surface area (Å²) in [6, 6.07) is 20.3. The lowest BCUT2D eigenvalue weighted by Gasteiger charge is -2.38. The Morgan fingerprint density at radius 3 is 2.20 bits per heavy atom. The van der Waals surface area contributed by atoms with Crippen LogP contribution in [0.2, 0.25) is 0 Å². The molecule has 3 N–H and O–H groups in total. The van der Waals surface area contributed by atoms with Crippen molar-refractivity contribution in [1.82, 2.24) is 15.1 Å². The molecule has 7 nitrogen and oxygen atoms in total. The average Bonchev–Trinajstić information content (AvgIpc) is 2.92. The maximum absolute atomic E-state index is 13.0. The number of nitrogens with two attached hydrogens (primary N) is 1. The molecule has 1 aromatic heterocycles. The van der Waals surface area contributed by atoms with Crippen LogP contribution < -0.4 is 11.1 Å². The molecule has 0 bridgehead atoms. The molecule has 210 valence electrons. The first kappa shape index (κ1) is 28.0. The number of aromatic nitrogens is 2. The van der Waals surface area contributed by atoms with Gasteiger partial charge in [-0.3, -0.25) is 9.59 Å². The first-order chi connectivity index (χ1) is 19.2. The Morgan fingerprint density at radius 1 is 0.925 bits per heavy atom. The highest BCUT2D eigenvalue weighted by molar-refractivity contribution is 5.91. The third-order valence-corrected chi connectivity index (χ3v) is 8.69. The minimum Gasteiger partial charge on any atom is -0.343 e. The van der Waals surface area contributed by atoms with E-state index in [1.165, 1.54) is 6.42 Å². The van der Waals surface area contributed by atoms with E-state index in [4.69, 9.17) is 5.73 Å². The molecule has 40 heavy (non-hydrogen) atoms. The van der Waals surface area contributed by atoms with Crippen LogP contribution in [0.15, 0.2) is 60.7 Å². The van der Waals surface area contributed by atoms with Gasteiger partial charge in [0, 0.05) is 42.1 Å². The Bertz CT molecular complexity index is 1320. The van der Waals surface area contributed by atoms with Gasteiger partial charge in [-0.1, -0.05) is 61.0 Å². The predicted octanol–water partition coefficient (Wildman–Crippen LogP) is 6.15. The summed E-state index contributed by atoms with van der Waals surface area (Å²) in [6.07, 6.45) is 7.52. The quantitative estimate of drug-likeness (QED) is 0.358. The molecular weight excluding hydrogens is 498 g/mol. The van der Waals surface area contributed by atoms with Gasteiger partial charge in [0.05, 0.1) is 0 Å². The molecule has 0 radical (unpaired) electrons. The maximum Gasteiger partial charge on any atom is 0.225 e. The Kier molecular flexibility index (Phi) is 8.31. The minimum atomic E-state index is -0.427. The third kappa shape index (κ3) is 6.41. The molecule has 2 fully saturated rings. The molecule has 0 atom stereocenters. The number of nitrogens with zero attached hydrogens (tertiary/aromatic N) is 3.